The van der Waals surface area contributed by atoms with E-state index in [9.17, 15) is 9.59 Å². The van der Waals surface area contributed by atoms with Gasteiger partial charge in [-0.2, -0.15) is 0 Å². The summed E-state index contributed by atoms with van der Waals surface area (Å²) in [6.45, 7) is 5.87. The minimum absolute atomic E-state index is 0.0782. The molecule has 1 aromatic heterocycles. The molecule has 1 amide bonds. The fraction of sp³-hybridized carbons (Fsp3) is 0.556. The van der Waals surface area contributed by atoms with E-state index in [4.69, 9.17) is 22.1 Å². The molecular weight excluding hydrogens is 482 g/mol. The summed E-state index contributed by atoms with van der Waals surface area (Å²) in [5.41, 5.74) is 8.23. The second-order valence-electron chi connectivity index (χ2n) is 11.1. The molecule has 6 rings (SSSR count). The number of amides is 1. The Kier molecular flexibility index (Phi) is 6.29. The Bertz CT molecular complexity index is 1150. The number of aryl methyl sites for hydroxylation is 1. The van der Waals surface area contributed by atoms with Crippen LogP contribution in [0.3, 0.4) is 0 Å². The van der Waals surface area contributed by atoms with Crippen molar-refractivity contribution < 1.29 is 14.3 Å². The number of halogens is 1. The third kappa shape index (κ3) is 4.31. The van der Waals surface area contributed by atoms with Crippen LogP contribution >= 0.6 is 22.9 Å². The van der Waals surface area contributed by atoms with Gasteiger partial charge in [0.1, 0.15) is 10.8 Å². The summed E-state index contributed by atoms with van der Waals surface area (Å²) >= 11 is 7.56. The number of nitrogen functional groups attached to an aromatic ring is 1. The molecule has 4 bridgehead atoms. The Balaban J connectivity index is 1.50. The summed E-state index contributed by atoms with van der Waals surface area (Å²) in [5.74, 6) is 2.21. The summed E-state index contributed by atoms with van der Waals surface area (Å²) in [6.07, 6.45) is 6.69. The molecule has 0 saturated heterocycles. The minimum atomic E-state index is -0.369. The summed E-state index contributed by atoms with van der Waals surface area (Å²) < 4.78 is 5.43. The Morgan fingerprint density at radius 3 is 2.29 bits per heavy atom. The van der Waals surface area contributed by atoms with Gasteiger partial charge in [0.25, 0.3) is 5.91 Å². The highest BCUT2D eigenvalue weighted by molar-refractivity contribution is 7.19. The van der Waals surface area contributed by atoms with Gasteiger partial charge in [-0.25, -0.2) is 0 Å². The molecule has 8 heteroatoms. The Hall–Kier alpha value is -2.25. The van der Waals surface area contributed by atoms with E-state index in [1.165, 1.54) is 37.7 Å². The molecule has 0 atom stereocenters. The number of nitrogens with one attached hydrogen (secondary N) is 2. The highest BCUT2D eigenvalue weighted by Crippen LogP contribution is 2.61. The van der Waals surface area contributed by atoms with Crippen LogP contribution in [-0.4, -0.2) is 24.8 Å². The van der Waals surface area contributed by atoms with Crippen molar-refractivity contribution in [2.75, 3.05) is 23.5 Å². The van der Waals surface area contributed by atoms with Crippen LogP contribution in [0.25, 0.3) is 0 Å². The predicted molar refractivity (Wildman–Crippen MR) is 143 cm³/mol. The first-order chi connectivity index (χ1) is 16.6. The molecule has 35 heavy (non-hydrogen) atoms. The average molecular weight is 516 g/mol. The van der Waals surface area contributed by atoms with Crippen molar-refractivity contribution in [3.8, 4) is 5.75 Å². The van der Waals surface area contributed by atoms with Crippen molar-refractivity contribution in [1.82, 2.24) is 0 Å². The van der Waals surface area contributed by atoms with E-state index in [0.717, 1.165) is 24.8 Å². The fourth-order valence-electron chi connectivity index (χ4n) is 6.95. The molecule has 4 aliphatic carbocycles. The number of anilines is 3. The summed E-state index contributed by atoms with van der Waals surface area (Å²) in [4.78, 5) is 28.2. The number of Topliss-reactive ketones (excluding diaryl/α,β-unsaturated/α-hetero) is 1. The van der Waals surface area contributed by atoms with E-state index in [1.54, 1.807) is 12.1 Å². The van der Waals surface area contributed by atoms with Crippen molar-refractivity contribution in [2.24, 2.45) is 23.2 Å². The lowest BCUT2D eigenvalue weighted by Gasteiger charge is -2.55. The second kappa shape index (κ2) is 9.00. The van der Waals surface area contributed by atoms with Crippen molar-refractivity contribution in [3.63, 3.8) is 0 Å². The van der Waals surface area contributed by atoms with Gasteiger partial charge in [0.15, 0.2) is 5.78 Å². The number of ether oxygens (including phenoxy) is 1. The molecule has 0 radical (unpaired) electrons. The van der Waals surface area contributed by atoms with Gasteiger partial charge < -0.3 is 21.1 Å². The zero-order chi connectivity index (χ0) is 25.1. The van der Waals surface area contributed by atoms with Gasteiger partial charge in [0.2, 0.25) is 0 Å². The smallest absolute Gasteiger partial charge is 0.260 e. The molecule has 1 aromatic carbocycles. The van der Waals surface area contributed by atoms with E-state index in [0.29, 0.717) is 49.7 Å². The van der Waals surface area contributed by atoms with E-state index in [-0.39, 0.29) is 28.8 Å². The predicted octanol–water partition coefficient (Wildman–Crippen LogP) is 6.77. The number of ketones is 1. The Morgan fingerprint density at radius 2 is 1.74 bits per heavy atom. The highest BCUT2D eigenvalue weighted by Gasteiger charge is 2.55. The lowest BCUT2D eigenvalue weighted by atomic mass is 9.48. The first-order valence-electron chi connectivity index (χ1n) is 12.5. The molecule has 6 nitrogen and oxygen atoms in total. The standard InChI is InChI=1S/C27H34ClN3O3S/c1-13(2)30-26-21(25(33)31-19-5-14(3)18(28)9-20(19)34-4)22(29)23(35-26)24(32)27-10-15-6-16(11-27)8-17(7-15)12-27/h5,9,13,15-17,30H,6-8,10-12,29H2,1-4H3,(H,31,33). The maximum absolute atomic E-state index is 14.1. The normalized spacial score (nSPS) is 26.7. The maximum atomic E-state index is 14.1. The van der Waals surface area contributed by atoms with E-state index in [2.05, 4.69) is 10.6 Å². The number of carbonyl (C=O) groups excluding carboxylic acids is 2. The van der Waals surface area contributed by atoms with Gasteiger partial charge in [-0.05, 0) is 88.7 Å². The largest absolute Gasteiger partial charge is 0.495 e. The Morgan fingerprint density at radius 1 is 1.14 bits per heavy atom. The lowest BCUT2D eigenvalue weighted by Crippen LogP contribution is -2.50. The molecule has 0 aliphatic heterocycles. The van der Waals surface area contributed by atoms with Crippen LogP contribution in [0.4, 0.5) is 16.4 Å². The summed E-state index contributed by atoms with van der Waals surface area (Å²) in [7, 11) is 1.53. The quantitative estimate of drug-likeness (QED) is 0.354. The minimum Gasteiger partial charge on any atom is -0.495 e. The molecule has 4 N–H and O–H groups in total. The van der Waals surface area contributed by atoms with Gasteiger partial charge in [-0.15, -0.1) is 11.3 Å². The van der Waals surface area contributed by atoms with Crippen LogP contribution in [0, 0.1) is 30.1 Å². The number of methoxy groups -OCH3 is 1. The number of hydrogen-bond acceptors (Lipinski definition) is 6. The molecule has 4 saturated carbocycles. The van der Waals surface area contributed by atoms with Crippen LogP contribution < -0.4 is 21.1 Å². The number of thiophene rings is 1. The van der Waals surface area contributed by atoms with Crippen LogP contribution in [0.5, 0.6) is 5.75 Å². The topological polar surface area (TPSA) is 93.5 Å². The number of nitrogens with two attached hydrogens (primary N) is 1. The third-order valence-electron chi connectivity index (χ3n) is 8.05. The van der Waals surface area contributed by atoms with Crippen molar-refractivity contribution >= 4 is 51.0 Å². The lowest BCUT2D eigenvalue weighted by molar-refractivity contribution is -0.0350. The van der Waals surface area contributed by atoms with E-state index >= 15 is 0 Å². The zero-order valence-corrected chi connectivity index (χ0v) is 22.4. The first-order valence-corrected chi connectivity index (χ1v) is 13.7. The first kappa shape index (κ1) is 24.4. The van der Waals surface area contributed by atoms with Crippen LogP contribution in [-0.2, 0) is 0 Å². The monoisotopic (exact) mass is 515 g/mol. The molecule has 2 aromatic rings. The number of hydrogen-bond donors (Lipinski definition) is 3. The van der Waals surface area contributed by atoms with Crippen molar-refractivity contribution in [3.05, 3.63) is 33.2 Å². The molecule has 0 unspecified atom stereocenters. The van der Waals surface area contributed by atoms with Crippen LogP contribution in [0.15, 0.2) is 12.1 Å². The molecular formula is C27H34ClN3O3S. The van der Waals surface area contributed by atoms with Gasteiger partial charge in [0.05, 0.1) is 28.9 Å². The molecule has 0 spiro atoms. The van der Waals surface area contributed by atoms with Gasteiger partial charge in [-0.3, -0.25) is 9.59 Å². The number of rotatable bonds is 7. The third-order valence-corrected chi connectivity index (χ3v) is 9.59. The van der Waals surface area contributed by atoms with Gasteiger partial charge in [-0.1, -0.05) is 11.6 Å². The Labute approximate surface area is 215 Å². The molecule has 1 heterocycles. The molecule has 4 fully saturated rings. The maximum Gasteiger partial charge on any atom is 0.260 e. The van der Waals surface area contributed by atoms with Crippen LogP contribution in [0.1, 0.15) is 78.0 Å². The van der Waals surface area contributed by atoms with Crippen molar-refractivity contribution in [1.29, 1.82) is 0 Å². The number of carbonyl (C=O) groups is 2. The fourth-order valence-corrected chi connectivity index (χ4v) is 8.42. The zero-order valence-electron chi connectivity index (χ0n) is 20.8. The SMILES string of the molecule is COc1cc(Cl)c(C)cc1NC(=O)c1c(NC(C)C)sc(C(=O)C23CC4CC(CC(C4)C2)C3)c1N. The highest BCUT2D eigenvalue weighted by atomic mass is 35.5. The second-order valence-corrected chi connectivity index (χ2v) is 12.6. The van der Waals surface area contributed by atoms with Crippen LogP contribution in [0.2, 0.25) is 5.02 Å². The average Bonchev–Trinajstić information content (AvgIpc) is 3.09. The number of benzene rings is 1. The van der Waals surface area contributed by atoms with E-state index in [1.807, 2.05) is 20.8 Å². The van der Waals surface area contributed by atoms with Gasteiger partial charge in [0, 0.05) is 22.5 Å². The summed E-state index contributed by atoms with van der Waals surface area (Å²) in [5, 5.41) is 7.48. The van der Waals surface area contributed by atoms with Crippen molar-refractivity contribution in [2.45, 2.75) is 65.3 Å². The van der Waals surface area contributed by atoms with Gasteiger partial charge >= 0.3 is 0 Å². The molecule has 188 valence electrons. The van der Waals surface area contributed by atoms with E-state index < -0.39 is 0 Å². The molecule has 4 aliphatic rings. The summed E-state index contributed by atoms with van der Waals surface area (Å²) in [6, 6.07) is 3.53.